The maximum atomic E-state index is 13.2. The molecule has 5 unspecified atom stereocenters. The Balaban J connectivity index is 5.20. The topological polar surface area (TPSA) is 237 Å². The first-order valence-electron chi connectivity index (χ1n) is 47.3. The lowest BCUT2D eigenvalue weighted by molar-refractivity contribution is -0.161. The number of rotatable bonds is 89. The van der Waals surface area contributed by atoms with Gasteiger partial charge in [0.25, 0.3) is 0 Å². The summed E-state index contributed by atoms with van der Waals surface area (Å²) in [6, 6.07) is 0. The third-order valence-corrected chi connectivity index (χ3v) is 24.6. The minimum atomic E-state index is -4.97. The third kappa shape index (κ3) is 81.6. The SMILES string of the molecule is CCC(C)CCCCCCCCCCCCCCCCCCCCC(=O)OC[C@H](COP(=O)(O)OC[C@@H](O)COP(=O)(O)OC[C@@H](COC(=O)CCCCCCCCC(C)C)OC(=O)CCCCCCCCCCCCCCCCC(C)CC)OC(=O)CCCCCCCCCCCCCCCCCCCCC(C)CC. The second-order valence-corrected chi connectivity index (χ2v) is 37.2. The van der Waals surface area contributed by atoms with E-state index < -0.39 is 97.5 Å². The molecule has 0 aliphatic carbocycles. The fourth-order valence-electron chi connectivity index (χ4n) is 14.3. The van der Waals surface area contributed by atoms with Crippen LogP contribution >= 0.6 is 15.6 Å². The summed E-state index contributed by atoms with van der Waals surface area (Å²) in [6.45, 7) is 14.4. The van der Waals surface area contributed by atoms with Crippen molar-refractivity contribution in [1.29, 1.82) is 0 Å². The lowest BCUT2D eigenvalue weighted by Gasteiger charge is -2.21. The molecular formula is C92H180O17P2. The van der Waals surface area contributed by atoms with Crippen molar-refractivity contribution >= 4 is 39.5 Å². The van der Waals surface area contributed by atoms with E-state index in [1.54, 1.807) is 0 Å². The maximum absolute atomic E-state index is 13.2. The minimum Gasteiger partial charge on any atom is -0.462 e. The zero-order valence-electron chi connectivity index (χ0n) is 73.6. The lowest BCUT2D eigenvalue weighted by atomic mass is 9.99. The molecule has 17 nitrogen and oxygen atoms in total. The molecule has 0 aromatic heterocycles. The third-order valence-electron chi connectivity index (χ3n) is 22.7. The number of ether oxygens (including phenoxy) is 4. The van der Waals surface area contributed by atoms with Gasteiger partial charge >= 0.3 is 39.5 Å². The largest absolute Gasteiger partial charge is 0.472 e. The van der Waals surface area contributed by atoms with Crippen molar-refractivity contribution in [3.63, 3.8) is 0 Å². The van der Waals surface area contributed by atoms with Crippen molar-refractivity contribution < 1.29 is 80.2 Å². The number of esters is 4. The maximum Gasteiger partial charge on any atom is 0.472 e. The van der Waals surface area contributed by atoms with Gasteiger partial charge in [-0.25, -0.2) is 9.13 Å². The Labute approximate surface area is 683 Å². The summed E-state index contributed by atoms with van der Waals surface area (Å²) in [6.07, 6.45) is 72.4. The van der Waals surface area contributed by atoms with Gasteiger partial charge in [0.15, 0.2) is 12.2 Å². The highest BCUT2D eigenvalue weighted by atomic mass is 31.2. The Bertz CT molecular complexity index is 2150. The number of aliphatic hydroxyl groups excluding tert-OH is 1. The number of unbranched alkanes of at least 4 members (excludes halogenated alkanes) is 52. The summed E-state index contributed by atoms with van der Waals surface area (Å²) in [4.78, 5) is 73.4. The molecule has 0 aliphatic rings. The van der Waals surface area contributed by atoms with E-state index in [9.17, 15) is 43.2 Å². The number of carbonyl (C=O) groups excluding carboxylic acids is 4. The number of hydrogen-bond donors (Lipinski definition) is 3. The normalized spacial score (nSPS) is 14.6. The van der Waals surface area contributed by atoms with Crippen LogP contribution in [-0.2, 0) is 65.4 Å². The van der Waals surface area contributed by atoms with E-state index in [-0.39, 0.29) is 25.7 Å². The average molecular weight is 1620 g/mol. The Morgan fingerprint density at radius 2 is 0.432 bits per heavy atom. The van der Waals surface area contributed by atoms with Crippen molar-refractivity contribution in [2.75, 3.05) is 39.6 Å². The fraction of sp³-hybridized carbons (Fsp3) is 0.957. The molecule has 0 heterocycles. The molecule has 111 heavy (non-hydrogen) atoms. The molecule has 3 N–H and O–H groups in total. The monoisotopic (exact) mass is 1620 g/mol. The van der Waals surface area contributed by atoms with Gasteiger partial charge in [-0.3, -0.25) is 37.3 Å². The molecule has 0 rings (SSSR count). The first kappa shape index (κ1) is 109. The van der Waals surface area contributed by atoms with Crippen LogP contribution in [-0.4, -0.2) is 96.7 Å². The van der Waals surface area contributed by atoms with Crippen LogP contribution < -0.4 is 0 Å². The van der Waals surface area contributed by atoms with Gasteiger partial charge in [0, 0.05) is 25.7 Å². The highest BCUT2D eigenvalue weighted by molar-refractivity contribution is 7.47. The first-order valence-corrected chi connectivity index (χ1v) is 50.3. The van der Waals surface area contributed by atoms with E-state index in [4.69, 9.17) is 37.0 Å². The molecule has 0 fully saturated rings. The lowest BCUT2D eigenvalue weighted by Crippen LogP contribution is -2.30. The number of phosphoric acid groups is 2. The summed E-state index contributed by atoms with van der Waals surface area (Å²) in [5.41, 5.74) is 0. The molecular weight excluding hydrogens is 1440 g/mol. The van der Waals surface area contributed by atoms with Gasteiger partial charge < -0.3 is 33.8 Å². The van der Waals surface area contributed by atoms with Crippen molar-refractivity contribution in [1.82, 2.24) is 0 Å². The summed E-state index contributed by atoms with van der Waals surface area (Å²) in [5.74, 6) is 1.17. The van der Waals surface area contributed by atoms with Crippen LogP contribution in [0.5, 0.6) is 0 Å². The van der Waals surface area contributed by atoms with Crippen LogP contribution in [0.15, 0.2) is 0 Å². The van der Waals surface area contributed by atoms with Crippen LogP contribution in [0, 0.1) is 23.7 Å². The fourth-order valence-corrected chi connectivity index (χ4v) is 15.9. The molecule has 8 atom stereocenters. The second-order valence-electron chi connectivity index (χ2n) is 34.3. The number of phosphoric ester groups is 2. The Hall–Kier alpha value is -1.94. The van der Waals surface area contributed by atoms with Gasteiger partial charge in [-0.15, -0.1) is 0 Å². The summed E-state index contributed by atoms with van der Waals surface area (Å²) in [7, 11) is -9.94. The summed E-state index contributed by atoms with van der Waals surface area (Å²) in [5, 5.41) is 10.7. The minimum absolute atomic E-state index is 0.107. The van der Waals surface area contributed by atoms with Gasteiger partial charge in [-0.05, 0) is 49.4 Å². The molecule has 19 heteroatoms. The molecule has 0 aromatic rings. The van der Waals surface area contributed by atoms with Crippen molar-refractivity contribution in [3.8, 4) is 0 Å². The van der Waals surface area contributed by atoms with Crippen molar-refractivity contribution in [3.05, 3.63) is 0 Å². The first-order chi connectivity index (χ1) is 53.7. The van der Waals surface area contributed by atoms with Gasteiger partial charge in [0.1, 0.15) is 19.3 Å². The van der Waals surface area contributed by atoms with Gasteiger partial charge in [0.05, 0.1) is 26.4 Å². The molecule has 0 bridgehead atoms. The van der Waals surface area contributed by atoms with Crippen LogP contribution in [0.1, 0.15) is 486 Å². The quantitative estimate of drug-likeness (QED) is 0.0222. The summed E-state index contributed by atoms with van der Waals surface area (Å²) < 4.78 is 69.0. The van der Waals surface area contributed by atoms with Crippen LogP contribution in [0.4, 0.5) is 0 Å². The van der Waals surface area contributed by atoms with Gasteiger partial charge in [-0.2, -0.15) is 0 Å². The molecule has 0 aliphatic heterocycles. The standard InChI is InChI=1S/C92H180O17P2/c1-9-83(6)69-61-53-44-38-32-26-20-16-12-14-18-22-29-35-41-47-56-64-72-89(94)102-78-87(108-91(96)74-66-58-48-42-36-30-23-19-15-13-17-21-27-33-39-45-54-62-70-84(7)10-2)80-106-110(98,99)104-76-86(93)77-105-111(100,101)107-81-88(79-103-90(95)73-65-57-51-50-52-60-68-82(4)5)109-92(97)75-67-59-49-43-37-31-25-24-28-34-40-46-55-63-71-85(8)11-3/h82-88,93H,9-81H2,1-8H3,(H,98,99)(H,100,101)/t83?,84?,85?,86-,87-,88-/m1/s1. The van der Waals surface area contributed by atoms with E-state index in [0.29, 0.717) is 31.6 Å². The zero-order valence-corrected chi connectivity index (χ0v) is 75.4. The van der Waals surface area contributed by atoms with Crippen molar-refractivity contribution in [2.24, 2.45) is 23.7 Å². The smallest absolute Gasteiger partial charge is 0.462 e. The predicted molar refractivity (Wildman–Crippen MR) is 460 cm³/mol. The van der Waals surface area contributed by atoms with Crippen LogP contribution in [0.25, 0.3) is 0 Å². The molecule has 0 spiro atoms. The number of aliphatic hydroxyl groups is 1. The van der Waals surface area contributed by atoms with E-state index in [0.717, 1.165) is 114 Å². The van der Waals surface area contributed by atoms with Crippen LogP contribution in [0.2, 0.25) is 0 Å². The van der Waals surface area contributed by atoms with Gasteiger partial charge in [0.2, 0.25) is 0 Å². The second kappa shape index (κ2) is 80.5. The Morgan fingerprint density at radius 3 is 0.640 bits per heavy atom. The Morgan fingerprint density at radius 1 is 0.252 bits per heavy atom. The number of carbonyl (C=O) groups is 4. The van der Waals surface area contributed by atoms with E-state index in [1.165, 1.54) is 283 Å². The van der Waals surface area contributed by atoms with Crippen LogP contribution in [0.3, 0.4) is 0 Å². The zero-order chi connectivity index (χ0) is 81.6. The highest BCUT2D eigenvalue weighted by Crippen LogP contribution is 2.45. The highest BCUT2D eigenvalue weighted by Gasteiger charge is 2.31. The van der Waals surface area contributed by atoms with E-state index in [1.807, 2.05) is 0 Å². The van der Waals surface area contributed by atoms with Crippen molar-refractivity contribution in [2.45, 2.75) is 504 Å². The summed E-state index contributed by atoms with van der Waals surface area (Å²) >= 11 is 0. The average Bonchev–Trinajstić information content (AvgIpc) is 0.899. The molecule has 0 saturated carbocycles. The molecule has 0 radical (unpaired) electrons. The molecule has 0 saturated heterocycles. The Kier molecular flexibility index (Phi) is 79.1. The van der Waals surface area contributed by atoms with E-state index >= 15 is 0 Å². The molecule has 0 amide bonds. The predicted octanol–water partition coefficient (Wildman–Crippen LogP) is 28.3. The van der Waals surface area contributed by atoms with Gasteiger partial charge in [-0.1, -0.05) is 434 Å². The molecule has 660 valence electrons. The molecule has 0 aromatic carbocycles. The number of hydrogen-bond acceptors (Lipinski definition) is 15. The van der Waals surface area contributed by atoms with E-state index in [2.05, 4.69) is 55.4 Å².